The van der Waals surface area contributed by atoms with Crippen LogP contribution in [-0.2, 0) is 13.1 Å². The van der Waals surface area contributed by atoms with Crippen LogP contribution in [-0.4, -0.2) is 21.6 Å². The molecule has 7 nitrogen and oxygen atoms in total. The van der Waals surface area contributed by atoms with E-state index in [1.54, 1.807) is 12.5 Å². The molecular formula is C18H17FN4O3. The van der Waals surface area contributed by atoms with Crippen LogP contribution in [0.15, 0.2) is 55.1 Å². The minimum atomic E-state index is -0.937. The van der Waals surface area contributed by atoms with Crippen LogP contribution in [0.5, 0.6) is 5.75 Å². The lowest BCUT2D eigenvalue weighted by atomic mass is 10.1. The van der Waals surface area contributed by atoms with Crippen molar-refractivity contribution in [2.24, 2.45) is 0 Å². The summed E-state index contributed by atoms with van der Waals surface area (Å²) in [7, 11) is 1.38. The highest BCUT2D eigenvalue weighted by atomic mass is 19.1. The van der Waals surface area contributed by atoms with Crippen molar-refractivity contribution in [3.8, 4) is 5.75 Å². The largest absolute Gasteiger partial charge is 0.497 e. The molecule has 3 rings (SSSR count). The summed E-state index contributed by atoms with van der Waals surface area (Å²) >= 11 is 0. The van der Waals surface area contributed by atoms with Crippen LogP contribution in [0.1, 0.15) is 11.1 Å². The van der Waals surface area contributed by atoms with Crippen LogP contribution >= 0.6 is 0 Å². The number of nitro benzene ring substituents is 1. The molecule has 0 aliphatic heterocycles. The average Bonchev–Trinajstić information content (AvgIpc) is 3.13. The summed E-state index contributed by atoms with van der Waals surface area (Å²) in [5, 5.41) is 14.0. The van der Waals surface area contributed by atoms with Crippen LogP contribution in [0.2, 0.25) is 0 Å². The minimum absolute atomic E-state index is 0.0781. The minimum Gasteiger partial charge on any atom is -0.497 e. The number of nitro groups is 1. The van der Waals surface area contributed by atoms with E-state index in [1.807, 2.05) is 35.0 Å². The van der Waals surface area contributed by atoms with Crippen LogP contribution in [0.4, 0.5) is 15.8 Å². The van der Waals surface area contributed by atoms with Gasteiger partial charge in [0, 0.05) is 37.6 Å². The molecule has 2 aromatic carbocycles. The predicted octanol–water partition coefficient (Wildman–Crippen LogP) is 3.60. The first-order valence-electron chi connectivity index (χ1n) is 7.86. The van der Waals surface area contributed by atoms with Gasteiger partial charge in [-0.15, -0.1) is 0 Å². The molecule has 0 radical (unpaired) electrons. The molecule has 3 aromatic rings. The van der Waals surface area contributed by atoms with E-state index in [4.69, 9.17) is 4.74 Å². The Bertz CT molecular complexity index is 896. The van der Waals surface area contributed by atoms with Crippen LogP contribution in [0, 0.1) is 15.9 Å². The predicted molar refractivity (Wildman–Crippen MR) is 94.7 cm³/mol. The number of hydrogen-bond donors (Lipinski definition) is 1. The van der Waals surface area contributed by atoms with Crippen molar-refractivity contribution in [3.63, 3.8) is 0 Å². The topological polar surface area (TPSA) is 82.2 Å². The molecule has 0 aliphatic carbocycles. The highest BCUT2D eigenvalue weighted by Gasteiger charge is 2.22. The number of hydrogen-bond acceptors (Lipinski definition) is 5. The van der Waals surface area contributed by atoms with E-state index in [0.717, 1.165) is 17.2 Å². The number of nitrogens with zero attached hydrogens (tertiary/aromatic N) is 3. The second kappa shape index (κ2) is 7.64. The number of benzene rings is 2. The standard InChI is InChI=1S/C18H17FN4O3/c1-26-15-8-16(19)18(23(24)25)17(9-15)21-10-13-2-4-14(5-3-13)11-22-7-6-20-12-22/h2-9,12,21H,10-11H2,1H3. The van der Waals surface area contributed by atoms with Gasteiger partial charge in [0.2, 0.25) is 5.82 Å². The van der Waals surface area contributed by atoms with Crippen molar-refractivity contribution in [1.82, 2.24) is 9.55 Å². The van der Waals surface area contributed by atoms with Gasteiger partial charge in [0.15, 0.2) is 0 Å². The van der Waals surface area contributed by atoms with Gasteiger partial charge in [0.1, 0.15) is 11.4 Å². The second-order valence-corrected chi connectivity index (χ2v) is 5.67. The maximum atomic E-state index is 13.9. The average molecular weight is 356 g/mol. The molecule has 0 saturated carbocycles. The highest BCUT2D eigenvalue weighted by molar-refractivity contribution is 5.65. The molecule has 0 amide bonds. The fourth-order valence-corrected chi connectivity index (χ4v) is 2.56. The van der Waals surface area contributed by atoms with Crippen molar-refractivity contribution in [1.29, 1.82) is 0 Å². The van der Waals surface area contributed by atoms with E-state index in [1.165, 1.54) is 13.2 Å². The summed E-state index contributed by atoms with van der Waals surface area (Å²) < 4.78 is 20.9. The van der Waals surface area contributed by atoms with Gasteiger partial charge in [0.05, 0.1) is 18.4 Å². The third-order valence-corrected chi connectivity index (χ3v) is 3.89. The van der Waals surface area contributed by atoms with Gasteiger partial charge in [-0.3, -0.25) is 10.1 Å². The van der Waals surface area contributed by atoms with Gasteiger partial charge in [-0.05, 0) is 11.1 Å². The van der Waals surface area contributed by atoms with Crippen LogP contribution in [0.3, 0.4) is 0 Å². The first-order valence-corrected chi connectivity index (χ1v) is 7.86. The fourth-order valence-electron chi connectivity index (χ4n) is 2.56. The molecule has 0 unspecified atom stereocenters. The molecule has 1 aromatic heterocycles. The molecule has 134 valence electrons. The van der Waals surface area contributed by atoms with E-state index < -0.39 is 16.4 Å². The number of nitrogens with one attached hydrogen (secondary N) is 1. The number of aromatic nitrogens is 2. The molecule has 1 N–H and O–H groups in total. The summed E-state index contributed by atoms with van der Waals surface area (Å²) in [6, 6.07) is 10.2. The fraction of sp³-hybridized carbons (Fsp3) is 0.167. The summed E-state index contributed by atoms with van der Waals surface area (Å²) in [6.07, 6.45) is 5.34. The van der Waals surface area contributed by atoms with E-state index in [9.17, 15) is 14.5 Å². The number of imidazole rings is 1. The van der Waals surface area contributed by atoms with Gasteiger partial charge < -0.3 is 14.6 Å². The molecule has 1 heterocycles. The zero-order chi connectivity index (χ0) is 18.5. The summed E-state index contributed by atoms with van der Waals surface area (Å²) in [6.45, 7) is 1.03. The first-order chi connectivity index (χ1) is 12.6. The van der Waals surface area contributed by atoms with Crippen molar-refractivity contribution in [2.45, 2.75) is 13.1 Å². The lowest BCUT2D eigenvalue weighted by molar-refractivity contribution is -0.386. The maximum absolute atomic E-state index is 13.9. The van der Waals surface area contributed by atoms with Gasteiger partial charge >= 0.3 is 5.69 Å². The Morgan fingerprint density at radius 3 is 2.62 bits per heavy atom. The van der Waals surface area contributed by atoms with E-state index in [2.05, 4.69) is 10.3 Å². The third kappa shape index (κ3) is 3.97. The number of ether oxygens (including phenoxy) is 1. The normalized spacial score (nSPS) is 10.5. The summed E-state index contributed by atoms with van der Waals surface area (Å²) in [5.41, 5.74) is 1.50. The summed E-state index contributed by atoms with van der Waals surface area (Å²) in [4.78, 5) is 14.4. The molecule has 0 spiro atoms. The van der Waals surface area contributed by atoms with Crippen LogP contribution < -0.4 is 10.1 Å². The zero-order valence-corrected chi connectivity index (χ0v) is 14.1. The van der Waals surface area contributed by atoms with Crippen molar-refractivity contribution < 1.29 is 14.1 Å². The molecule has 0 bridgehead atoms. The Kier molecular flexibility index (Phi) is 5.12. The van der Waals surface area contributed by atoms with Crippen molar-refractivity contribution >= 4 is 11.4 Å². The number of rotatable bonds is 7. The molecule has 0 atom stereocenters. The Hall–Kier alpha value is -3.42. The lowest BCUT2D eigenvalue weighted by Gasteiger charge is -2.10. The summed E-state index contributed by atoms with van der Waals surface area (Å²) in [5.74, 6) is -0.723. The quantitative estimate of drug-likeness (QED) is 0.517. The van der Waals surface area contributed by atoms with E-state index in [-0.39, 0.29) is 11.4 Å². The Morgan fingerprint density at radius 1 is 1.27 bits per heavy atom. The van der Waals surface area contributed by atoms with Crippen LogP contribution in [0.25, 0.3) is 0 Å². The molecular weight excluding hydrogens is 339 g/mol. The Morgan fingerprint density at radius 2 is 2.00 bits per heavy atom. The Labute approximate surface area is 149 Å². The first kappa shape index (κ1) is 17.4. The van der Waals surface area contributed by atoms with Gasteiger partial charge in [-0.2, -0.15) is 4.39 Å². The highest BCUT2D eigenvalue weighted by Crippen LogP contribution is 2.32. The molecule has 0 fully saturated rings. The molecule has 26 heavy (non-hydrogen) atoms. The monoisotopic (exact) mass is 356 g/mol. The second-order valence-electron chi connectivity index (χ2n) is 5.67. The van der Waals surface area contributed by atoms with Gasteiger partial charge in [-0.1, -0.05) is 24.3 Å². The van der Waals surface area contributed by atoms with E-state index in [0.29, 0.717) is 13.1 Å². The van der Waals surface area contributed by atoms with Crippen molar-refractivity contribution in [3.05, 3.63) is 82.2 Å². The molecule has 8 heteroatoms. The zero-order valence-electron chi connectivity index (χ0n) is 14.1. The number of methoxy groups -OCH3 is 1. The van der Waals surface area contributed by atoms with Crippen molar-refractivity contribution in [2.75, 3.05) is 12.4 Å². The van der Waals surface area contributed by atoms with Gasteiger partial charge in [0.25, 0.3) is 0 Å². The lowest BCUT2D eigenvalue weighted by Crippen LogP contribution is -2.05. The number of halogens is 1. The smallest absolute Gasteiger partial charge is 0.327 e. The molecule has 0 saturated heterocycles. The van der Waals surface area contributed by atoms with Gasteiger partial charge in [-0.25, -0.2) is 4.98 Å². The third-order valence-electron chi connectivity index (χ3n) is 3.89. The van der Waals surface area contributed by atoms with E-state index >= 15 is 0 Å². The number of anilines is 1. The Balaban J connectivity index is 1.72. The molecule has 0 aliphatic rings. The SMILES string of the molecule is COc1cc(F)c([N+](=O)[O-])c(NCc2ccc(Cn3ccnc3)cc2)c1. The maximum Gasteiger partial charge on any atom is 0.327 e.